The van der Waals surface area contributed by atoms with Gasteiger partial charge >= 0.3 is 0 Å². The van der Waals surface area contributed by atoms with Gasteiger partial charge in [-0.3, -0.25) is 9.98 Å². The van der Waals surface area contributed by atoms with Crippen molar-refractivity contribution in [2.45, 2.75) is 26.2 Å². The molecule has 0 unspecified atom stereocenters. The number of aliphatic imine (C=N–C) groups is 2. The lowest BCUT2D eigenvalue weighted by atomic mass is 10.1. The first-order valence-electron chi connectivity index (χ1n) is 5.20. The minimum atomic E-state index is 0.913. The molecule has 0 amide bonds. The van der Waals surface area contributed by atoms with Crippen LogP contribution >= 0.6 is 0 Å². The number of nitrogens with zero attached hydrogens (tertiary/aromatic N) is 3. The van der Waals surface area contributed by atoms with E-state index in [9.17, 15) is 0 Å². The highest BCUT2D eigenvalue weighted by Gasteiger charge is 2.13. The summed E-state index contributed by atoms with van der Waals surface area (Å²) in [5, 5.41) is 3.21. The van der Waals surface area contributed by atoms with E-state index in [0.717, 1.165) is 24.9 Å². The highest BCUT2D eigenvalue weighted by molar-refractivity contribution is 5.98. The van der Waals surface area contributed by atoms with E-state index in [4.69, 9.17) is 0 Å². The zero-order chi connectivity index (χ0) is 10.4. The maximum absolute atomic E-state index is 4.25. The quantitative estimate of drug-likeness (QED) is 0.465. The normalized spacial score (nSPS) is 19.8. The van der Waals surface area contributed by atoms with Crippen molar-refractivity contribution in [3.8, 4) is 0 Å². The largest absolute Gasteiger partial charge is 0.343 e. The molecule has 1 heterocycles. The zero-order valence-electron chi connectivity index (χ0n) is 9.38. The van der Waals surface area contributed by atoms with Crippen molar-refractivity contribution in [3.05, 3.63) is 0 Å². The predicted octanol–water partition coefficient (Wildman–Crippen LogP) is 1.10. The summed E-state index contributed by atoms with van der Waals surface area (Å²) in [6, 6.07) is 0. The number of hydrogen-bond donors (Lipinski definition) is 1. The fourth-order valence-corrected chi connectivity index (χ4v) is 1.60. The molecule has 1 saturated heterocycles. The molecule has 1 N–H and O–H groups in total. The summed E-state index contributed by atoms with van der Waals surface area (Å²) in [5.41, 5.74) is 0. The number of amidine groups is 1. The topological polar surface area (TPSA) is 40.0 Å². The van der Waals surface area contributed by atoms with Crippen molar-refractivity contribution in [2.75, 3.05) is 27.2 Å². The van der Waals surface area contributed by atoms with Crippen LogP contribution in [0, 0.1) is 0 Å². The molecule has 0 aromatic heterocycles. The molecule has 1 fully saturated rings. The van der Waals surface area contributed by atoms with Gasteiger partial charge < -0.3 is 10.2 Å². The molecule has 0 saturated carbocycles. The highest BCUT2D eigenvalue weighted by Crippen LogP contribution is 2.08. The highest BCUT2D eigenvalue weighted by atomic mass is 15.3. The van der Waals surface area contributed by atoms with E-state index in [1.54, 1.807) is 7.05 Å². The van der Waals surface area contributed by atoms with Gasteiger partial charge in [0, 0.05) is 27.2 Å². The molecular weight excluding hydrogens is 176 g/mol. The van der Waals surface area contributed by atoms with Crippen LogP contribution in [0.1, 0.15) is 26.2 Å². The molecule has 0 atom stereocenters. The Labute approximate surface area is 86.1 Å². The van der Waals surface area contributed by atoms with E-state index in [1.807, 2.05) is 14.0 Å². The minimum absolute atomic E-state index is 0.913. The van der Waals surface area contributed by atoms with Gasteiger partial charge in [0.1, 0.15) is 0 Å². The average molecular weight is 196 g/mol. The van der Waals surface area contributed by atoms with Crippen molar-refractivity contribution >= 4 is 11.8 Å². The number of guanidine groups is 1. The van der Waals surface area contributed by atoms with E-state index in [-0.39, 0.29) is 0 Å². The third kappa shape index (κ3) is 3.01. The van der Waals surface area contributed by atoms with Gasteiger partial charge in [0.05, 0.1) is 5.84 Å². The van der Waals surface area contributed by atoms with Crippen LogP contribution in [-0.4, -0.2) is 43.9 Å². The summed E-state index contributed by atoms with van der Waals surface area (Å²) in [6.07, 6.45) is 3.88. The molecule has 4 heteroatoms. The lowest BCUT2D eigenvalue weighted by Gasteiger charge is -2.29. The van der Waals surface area contributed by atoms with Gasteiger partial charge in [0.25, 0.3) is 0 Å². The molecule has 1 aliphatic heterocycles. The van der Waals surface area contributed by atoms with E-state index in [2.05, 4.69) is 20.2 Å². The van der Waals surface area contributed by atoms with Gasteiger partial charge in [0.2, 0.25) is 0 Å². The molecule has 4 nitrogen and oxygen atoms in total. The molecule has 80 valence electrons. The summed E-state index contributed by atoms with van der Waals surface area (Å²) in [6.45, 7) is 4.17. The average Bonchev–Trinajstić information content (AvgIpc) is 2.26. The van der Waals surface area contributed by atoms with Crippen LogP contribution < -0.4 is 5.32 Å². The Morgan fingerprint density at radius 3 is 2.21 bits per heavy atom. The van der Waals surface area contributed by atoms with E-state index in [0.29, 0.717) is 0 Å². The molecule has 0 aliphatic carbocycles. The predicted molar refractivity (Wildman–Crippen MR) is 61.0 cm³/mol. The summed E-state index contributed by atoms with van der Waals surface area (Å²) < 4.78 is 0. The van der Waals surface area contributed by atoms with E-state index in [1.165, 1.54) is 19.3 Å². The molecular formula is C10H20N4. The van der Waals surface area contributed by atoms with Gasteiger partial charge in [-0.05, 0) is 26.2 Å². The van der Waals surface area contributed by atoms with Crippen molar-refractivity contribution in [3.63, 3.8) is 0 Å². The van der Waals surface area contributed by atoms with Crippen LogP contribution in [0.4, 0.5) is 0 Å². The van der Waals surface area contributed by atoms with Crippen molar-refractivity contribution in [1.82, 2.24) is 10.2 Å². The number of rotatable bonds is 0. The van der Waals surface area contributed by atoms with Gasteiger partial charge in [-0.25, -0.2) is 0 Å². The molecule has 0 spiro atoms. The molecule has 0 aromatic rings. The van der Waals surface area contributed by atoms with Crippen LogP contribution in [-0.2, 0) is 0 Å². The van der Waals surface area contributed by atoms with E-state index < -0.39 is 0 Å². The first kappa shape index (κ1) is 11.0. The molecule has 1 rings (SSSR count). The second-order valence-corrected chi connectivity index (χ2v) is 3.53. The first-order valence-corrected chi connectivity index (χ1v) is 5.20. The smallest absolute Gasteiger partial charge is 0.199 e. The van der Waals surface area contributed by atoms with Crippen molar-refractivity contribution < 1.29 is 0 Å². The number of nitrogens with one attached hydrogen (secondary N) is 1. The number of likely N-dealkylation sites (tertiary alicyclic amines) is 1. The monoisotopic (exact) mass is 196 g/mol. The zero-order valence-corrected chi connectivity index (χ0v) is 9.38. The fourth-order valence-electron chi connectivity index (χ4n) is 1.60. The van der Waals surface area contributed by atoms with E-state index >= 15 is 0 Å². The second kappa shape index (κ2) is 5.62. The van der Waals surface area contributed by atoms with Crippen molar-refractivity contribution in [1.29, 1.82) is 0 Å². The Balaban J connectivity index is 2.53. The van der Waals surface area contributed by atoms with Crippen LogP contribution in [0.3, 0.4) is 0 Å². The third-order valence-electron chi connectivity index (χ3n) is 2.50. The molecule has 0 aromatic carbocycles. The number of piperidine rings is 1. The molecule has 14 heavy (non-hydrogen) atoms. The Morgan fingerprint density at radius 2 is 1.71 bits per heavy atom. The van der Waals surface area contributed by atoms with Gasteiger partial charge in [-0.1, -0.05) is 0 Å². The van der Waals surface area contributed by atoms with Crippen LogP contribution in [0.25, 0.3) is 0 Å². The summed E-state index contributed by atoms with van der Waals surface area (Å²) in [5.74, 6) is 1.86. The molecule has 1 aliphatic rings. The summed E-state index contributed by atoms with van der Waals surface area (Å²) in [7, 11) is 3.60. The summed E-state index contributed by atoms with van der Waals surface area (Å²) >= 11 is 0. The Bertz CT molecular complexity index is 226. The maximum Gasteiger partial charge on any atom is 0.199 e. The minimum Gasteiger partial charge on any atom is -0.343 e. The van der Waals surface area contributed by atoms with Crippen LogP contribution in [0.2, 0.25) is 0 Å². The van der Waals surface area contributed by atoms with Crippen LogP contribution in [0.5, 0.6) is 0 Å². The van der Waals surface area contributed by atoms with Gasteiger partial charge in [-0.15, -0.1) is 0 Å². The Kier molecular flexibility index (Phi) is 4.43. The number of hydrogen-bond acceptors (Lipinski definition) is 2. The Morgan fingerprint density at radius 1 is 1.07 bits per heavy atom. The maximum atomic E-state index is 4.25. The standard InChI is InChI=1S/C10H20N4/c1-9(11-2)13-10(12-3)14-7-5-4-6-8-14/h4-8H2,1-3H3,(H,11,12,13). The molecule has 0 bridgehead atoms. The Hall–Kier alpha value is -1.06. The third-order valence-corrected chi connectivity index (χ3v) is 2.50. The lowest BCUT2D eigenvalue weighted by Crippen LogP contribution is -2.45. The SMILES string of the molecule is CN=C(C)NC(=NC)N1CCCCC1. The lowest BCUT2D eigenvalue weighted by molar-refractivity contribution is 0.335. The molecule has 0 radical (unpaired) electrons. The second-order valence-electron chi connectivity index (χ2n) is 3.53. The fraction of sp³-hybridized carbons (Fsp3) is 0.800. The van der Waals surface area contributed by atoms with Gasteiger partial charge in [0.15, 0.2) is 5.96 Å². The van der Waals surface area contributed by atoms with Crippen molar-refractivity contribution in [2.24, 2.45) is 9.98 Å². The van der Waals surface area contributed by atoms with Crippen LogP contribution in [0.15, 0.2) is 9.98 Å². The first-order chi connectivity index (χ1) is 6.77. The van der Waals surface area contributed by atoms with Gasteiger partial charge in [-0.2, -0.15) is 0 Å². The summed E-state index contributed by atoms with van der Waals surface area (Å²) in [4.78, 5) is 10.6.